The number of aldehydes is 1. The van der Waals surface area contributed by atoms with Crippen molar-refractivity contribution in [3.05, 3.63) is 0 Å². The van der Waals surface area contributed by atoms with Gasteiger partial charge in [0, 0.05) is 22.6 Å². The third-order valence-electron chi connectivity index (χ3n) is 5.09. The normalized spacial score (nSPS) is 51.2. The maximum atomic E-state index is 11.6. The lowest BCUT2D eigenvalue weighted by molar-refractivity contribution is -0.126. The molecule has 0 aromatic heterocycles. The molecule has 0 aliphatic heterocycles. The highest BCUT2D eigenvalue weighted by molar-refractivity contribution is 9.09. The third kappa shape index (κ3) is 1.97. The van der Waals surface area contributed by atoms with Crippen LogP contribution in [0.15, 0.2) is 0 Å². The molecule has 5 unspecified atom stereocenters. The van der Waals surface area contributed by atoms with Crippen LogP contribution in [0.1, 0.15) is 40.0 Å². The number of hydrogen-bond acceptors (Lipinski definition) is 3. The zero-order chi connectivity index (χ0) is 13.7. The van der Waals surface area contributed by atoms with E-state index < -0.39 is 11.0 Å². The van der Waals surface area contributed by atoms with Gasteiger partial charge in [0.2, 0.25) is 0 Å². The summed E-state index contributed by atoms with van der Waals surface area (Å²) >= 11 is 3.68. The summed E-state index contributed by atoms with van der Waals surface area (Å²) in [5.74, 6) is 0.493. The van der Waals surface area contributed by atoms with Crippen LogP contribution in [0.25, 0.3) is 0 Å². The van der Waals surface area contributed by atoms with Crippen LogP contribution in [0.2, 0.25) is 0 Å². The van der Waals surface area contributed by atoms with Gasteiger partial charge in [0.1, 0.15) is 12.1 Å². The van der Waals surface area contributed by atoms with Crippen molar-refractivity contribution in [1.29, 1.82) is 0 Å². The Morgan fingerprint density at radius 2 is 2.17 bits per heavy atom. The quantitative estimate of drug-likeness (QED) is 0.642. The van der Waals surface area contributed by atoms with Gasteiger partial charge >= 0.3 is 0 Å². The number of hydrogen-bond donors (Lipinski definition) is 1. The minimum atomic E-state index is -0.811. The molecule has 1 N–H and O–H groups in total. The van der Waals surface area contributed by atoms with E-state index in [1.807, 2.05) is 6.92 Å². The fourth-order valence-electron chi connectivity index (χ4n) is 4.22. The molecule has 2 fully saturated rings. The van der Waals surface area contributed by atoms with E-state index >= 15 is 0 Å². The molecule has 3 nitrogen and oxygen atoms in total. The van der Waals surface area contributed by atoms with Crippen molar-refractivity contribution in [3.63, 3.8) is 0 Å². The lowest BCUT2D eigenvalue weighted by Crippen LogP contribution is -2.45. The molecular formula is C14H21BrO3. The highest BCUT2D eigenvalue weighted by atomic mass is 79.9. The predicted octanol–water partition coefficient (Wildman–Crippen LogP) is 2.34. The van der Waals surface area contributed by atoms with Crippen molar-refractivity contribution in [3.8, 4) is 0 Å². The molecule has 0 saturated heterocycles. The molecule has 0 aromatic carbocycles. The second kappa shape index (κ2) is 4.41. The number of aliphatic hydroxyl groups is 1. The fraction of sp³-hybridized carbons (Fsp3) is 0.857. The smallest absolute Gasteiger partial charge is 0.130 e. The maximum Gasteiger partial charge on any atom is 0.130 e. The Bertz CT molecular complexity index is 379. The highest BCUT2D eigenvalue weighted by Crippen LogP contribution is 2.61. The van der Waals surface area contributed by atoms with Crippen molar-refractivity contribution in [2.75, 3.05) is 0 Å². The van der Waals surface area contributed by atoms with Crippen molar-refractivity contribution >= 4 is 28.0 Å². The van der Waals surface area contributed by atoms with E-state index in [1.54, 1.807) is 6.92 Å². The Morgan fingerprint density at radius 1 is 1.56 bits per heavy atom. The van der Waals surface area contributed by atoms with E-state index in [1.165, 1.54) is 0 Å². The Labute approximate surface area is 116 Å². The number of halogens is 1. The summed E-state index contributed by atoms with van der Waals surface area (Å²) < 4.78 is 0. The van der Waals surface area contributed by atoms with E-state index in [0.717, 1.165) is 6.29 Å². The Hall–Kier alpha value is -0.220. The van der Waals surface area contributed by atoms with Crippen LogP contribution in [-0.2, 0) is 9.59 Å². The van der Waals surface area contributed by atoms with Gasteiger partial charge in [0.05, 0.1) is 5.60 Å². The van der Waals surface area contributed by atoms with E-state index in [0.29, 0.717) is 19.3 Å². The van der Waals surface area contributed by atoms with Gasteiger partial charge in [-0.3, -0.25) is 0 Å². The highest BCUT2D eigenvalue weighted by Gasteiger charge is 2.62. The number of alkyl halides is 1. The van der Waals surface area contributed by atoms with Crippen molar-refractivity contribution in [2.24, 2.45) is 23.2 Å². The summed E-state index contributed by atoms with van der Waals surface area (Å²) in [5, 5.41) is 10.5. The van der Waals surface area contributed by atoms with Crippen LogP contribution in [0.3, 0.4) is 0 Å². The number of ketones is 1. The van der Waals surface area contributed by atoms with Crippen LogP contribution in [0.4, 0.5) is 0 Å². The first-order valence-electron chi connectivity index (χ1n) is 6.56. The van der Waals surface area contributed by atoms with Gasteiger partial charge < -0.3 is 14.7 Å². The summed E-state index contributed by atoms with van der Waals surface area (Å²) in [7, 11) is 0. The molecule has 0 radical (unpaired) electrons. The zero-order valence-corrected chi connectivity index (χ0v) is 12.7. The minimum Gasteiger partial charge on any atom is -0.390 e. The average Bonchev–Trinajstić information content (AvgIpc) is 2.53. The first kappa shape index (κ1) is 14.2. The fourth-order valence-corrected chi connectivity index (χ4v) is 5.35. The number of carbonyl (C=O) groups excluding carboxylic acids is 2. The summed E-state index contributed by atoms with van der Waals surface area (Å²) in [6.07, 6.45) is 2.62. The minimum absolute atomic E-state index is 0.0436. The molecule has 4 heteroatoms. The first-order valence-corrected chi connectivity index (χ1v) is 7.47. The maximum absolute atomic E-state index is 11.6. The SMILES string of the molecule is CC(=O)CC1C(C)[C@@H](Br)C2CC1(C=O)CC2(C)O. The van der Waals surface area contributed by atoms with Gasteiger partial charge in [-0.1, -0.05) is 22.9 Å². The lowest BCUT2D eigenvalue weighted by atomic mass is 9.62. The molecule has 0 aromatic rings. The molecule has 2 bridgehead atoms. The predicted molar refractivity (Wildman–Crippen MR) is 72.5 cm³/mol. The van der Waals surface area contributed by atoms with Gasteiger partial charge in [0.25, 0.3) is 0 Å². The summed E-state index contributed by atoms with van der Waals surface area (Å²) in [6, 6.07) is 0. The number of fused-ring (bicyclic) bond motifs is 2. The van der Waals surface area contributed by atoms with Gasteiger partial charge in [-0.05, 0) is 38.5 Å². The summed E-state index contributed by atoms with van der Waals surface area (Å²) in [4.78, 5) is 23.3. The third-order valence-corrected chi connectivity index (χ3v) is 6.56. The van der Waals surface area contributed by atoms with Crippen LogP contribution < -0.4 is 0 Å². The van der Waals surface area contributed by atoms with Gasteiger partial charge in [-0.2, -0.15) is 0 Å². The molecule has 0 amide bonds. The molecule has 6 atom stereocenters. The standard InChI is InChI=1S/C14H21BrO3/c1-8(17)4-10-9(2)12(15)11-5-14(10,7-16)6-13(11,3)18/h7,9-12,18H,4-6H2,1-3H3/t9?,10?,11?,12-,13?,14?/m1/s1. The van der Waals surface area contributed by atoms with Gasteiger partial charge in [-0.15, -0.1) is 0 Å². The second-order valence-electron chi connectivity index (χ2n) is 6.51. The largest absolute Gasteiger partial charge is 0.390 e. The Kier molecular flexibility index (Phi) is 3.48. The van der Waals surface area contributed by atoms with Crippen molar-refractivity contribution < 1.29 is 14.7 Å². The monoisotopic (exact) mass is 316 g/mol. The zero-order valence-electron chi connectivity index (χ0n) is 11.1. The van der Waals surface area contributed by atoms with Crippen LogP contribution in [-0.4, -0.2) is 27.6 Å². The van der Waals surface area contributed by atoms with E-state index in [-0.39, 0.29) is 28.4 Å². The first-order chi connectivity index (χ1) is 8.23. The van der Waals surface area contributed by atoms with Crippen LogP contribution >= 0.6 is 15.9 Å². The van der Waals surface area contributed by atoms with Gasteiger partial charge in [-0.25, -0.2) is 0 Å². The molecule has 2 saturated carbocycles. The average molecular weight is 317 g/mol. The molecule has 102 valence electrons. The van der Waals surface area contributed by atoms with Crippen LogP contribution in [0, 0.1) is 23.2 Å². The molecule has 2 rings (SSSR count). The van der Waals surface area contributed by atoms with E-state index in [4.69, 9.17) is 0 Å². The molecule has 18 heavy (non-hydrogen) atoms. The Balaban J connectivity index is 2.41. The lowest BCUT2D eigenvalue weighted by Gasteiger charge is -2.44. The van der Waals surface area contributed by atoms with Gasteiger partial charge in [0.15, 0.2) is 0 Å². The van der Waals surface area contributed by atoms with Crippen molar-refractivity contribution in [2.45, 2.75) is 50.5 Å². The molecule has 2 aliphatic rings. The Morgan fingerprint density at radius 3 is 2.67 bits per heavy atom. The van der Waals surface area contributed by atoms with E-state index in [9.17, 15) is 14.7 Å². The topological polar surface area (TPSA) is 54.4 Å². The molecular weight excluding hydrogens is 296 g/mol. The summed E-state index contributed by atoms with van der Waals surface area (Å²) in [5.41, 5.74) is -1.32. The van der Waals surface area contributed by atoms with Crippen LogP contribution in [0.5, 0.6) is 0 Å². The molecule has 0 spiro atoms. The molecule has 2 aliphatic carbocycles. The number of carbonyl (C=O) groups is 2. The number of Topliss-reactive ketones (excluding diaryl/α,β-unsaturated/α-hetero) is 1. The second-order valence-corrected chi connectivity index (χ2v) is 7.57. The number of rotatable bonds is 3. The van der Waals surface area contributed by atoms with Crippen molar-refractivity contribution in [1.82, 2.24) is 0 Å². The van der Waals surface area contributed by atoms with E-state index in [2.05, 4.69) is 22.9 Å². The molecule has 0 heterocycles. The summed E-state index contributed by atoms with van der Waals surface area (Å²) in [6.45, 7) is 5.48.